The predicted molar refractivity (Wildman–Crippen MR) is 48.1 cm³/mol. The Morgan fingerprint density at radius 2 is 2.00 bits per heavy atom. The molecule has 5 N–H and O–H groups in total. The fourth-order valence-corrected chi connectivity index (χ4v) is 1.09. The van der Waals surface area contributed by atoms with Crippen molar-refractivity contribution in [3.05, 3.63) is 29.6 Å². The number of benzene rings is 1. The van der Waals surface area contributed by atoms with E-state index in [1.807, 2.05) is 0 Å². The van der Waals surface area contributed by atoms with Crippen molar-refractivity contribution in [2.45, 2.75) is 12.2 Å². The second-order valence-corrected chi connectivity index (χ2v) is 2.95. The van der Waals surface area contributed by atoms with Crippen molar-refractivity contribution in [2.24, 2.45) is 5.73 Å². The van der Waals surface area contributed by atoms with Crippen LogP contribution in [0.25, 0.3) is 0 Å². The Morgan fingerprint density at radius 1 is 1.36 bits per heavy atom. The Kier molecular flexibility index (Phi) is 3.40. The van der Waals surface area contributed by atoms with Gasteiger partial charge < -0.3 is 21.1 Å². The molecule has 0 bridgehead atoms. The molecule has 4 nitrogen and oxygen atoms in total. The molecule has 0 aliphatic carbocycles. The van der Waals surface area contributed by atoms with E-state index in [2.05, 4.69) is 0 Å². The zero-order valence-electron chi connectivity index (χ0n) is 7.39. The van der Waals surface area contributed by atoms with Gasteiger partial charge in [0.25, 0.3) is 0 Å². The summed E-state index contributed by atoms with van der Waals surface area (Å²) in [4.78, 5) is 0. The highest BCUT2D eigenvalue weighted by atomic mass is 19.1. The summed E-state index contributed by atoms with van der Waals surface area (Å²) < 4.78 is 13.1. The average molecular weight is 201 g/mol. The maximum atomic E-state index is 13.1. The van der Waals surface area contributed by atoms with Crippen LogP contribution in [-0.2, 0) is 0 Å². The summed E-state index contributed by atoms with van der Waals surface area (Å²) in [5, 5.41) is 27.5. The van der Waals surface area contributed by atoms with Gasteiger partial charge in [0.15, 0.2) is 0 Å². The minimum Gasteiger partial charge on any atom is -0.508 e. The number of rotatable bonds is 3. The van der Waals surface area contributed by atoms with E-state index < -0.39 is 18.0 Å². The van der Waals surface area contributed by atoms with E-state index in [9.17, 15) is 9.50 Å². The first-order valence-electron chi connectivity index (χ1n) is 4.11. The molecule has 0 aromatic heterocycles. The second-order valence-electron chi connectivity index (χ2n) is 2.95. The molecule has 5 heteroatoms. The standard InChI is InChI=1S/C9H12FNO3/c10-7-3-5(12)1-2-6(7)9(14)8(13)4-11/h1-3,8-9,12-14H,4,11H2. The van der Waals surface area contributed by atoms with Crippen molar-refractivity contribution < 1.29 is 19.7 Å². The van der Waals surface area contributed by atoms with Gasteiger partial charge in [-0.3, -0.25) is 0 Å². The summed E-state index contributed by atoms with van der Waals surface area (Å²) in [6.07, 6.45) is -2.59. The van der Waals surface area contributed by atoms with Crippen LogP contribution in [0.2, 0.25) is 0 Å². The van der Waals surface area contributed by atoms with Crippen LogP contribution in [0, 0.1) is 5.82 Å². The van der Waals surface area contributed by atoms with E-state index in [4.69, 9.17) is 15.9 Å². The molecule has 0 saturated carbocycles. The summed E-state index contributed by atoms with van der Waals surface area (Å²) in [7, 11) is 0. The van der Waals surface area contributed by atoms with E-state index in [0.29, 0.717) is 0 Å². The van der Waals surface area contributed by atoms with E-state index >= 15 is 0 Å². The maximum absolute atomic E-state index is 13.1. The van der Waals surface area contributed by atoms with Gasteiger partial charge in [0.2, 0.25) is 0 Å². The summed E-state index contributed by atoms with van der Waals surface area (Å²) in [6.45, 7) is -0.165. The average Bonchev–Trinajstić information content (AvgIpc) is 2.15. The quantitative estimate of drug-likeness (QED) is 0.549. The van der Waals surface area contributed by atoms with Gasteiger partial charge in [-0.25, -0.2) is 4.39 Å². The van der Waals surface area contributed by atoms with E-state index in [1.54, 1.807) is 0 Å². The highest BCUT2D eigenvalue weighted by Crippen LogP contribution is 2.23. The van der Waals surface area contributed by atoms with Crippen molar-refractivity contribution in [1.82, 2.24) is 0 Å². The first-order valence-corrected chi connectivity index (χ1v) is 4.11. The predicted octanol–water partition coefficient (Wildman–Crippen LogP) is -0.116. The minimum atomic E-state index is -1.37. The molecule has 0 aliphatic rings. The molecule has 0 saturated heterocycles. The molecule has 1 rings (SSSR count). The molecule has 0 aliphatic heterocycles. The fraction of sp³-hybridized carbons (Fsp3) is 0.333. The SMILES string of the molecule is NCC(O)C(O)c1ccc(O)cc1F. The summed E-state index contributed by atoms with van der Waals surface area (Å²) in [5.74, 6) is -1.01. The number of nitrogens with two attached hydrogens (primary N) is 1. The van der Waals surface area contributed by atoms with Gasteiger partial charge in [0, 0.05) is 18.2 Å². The zero-order valence-corrected chi connectivity index (χ0v) is 7.39. The third-order valence-corrected chi connectivity index (χ3v) is 1.91. The molecule has 14 heavy (non-hydrogen) atoms. The van der Waals surface area contributed by atoms with Gasteiger partial charge in [-0.1, -0.05) is 0 Å². The topological polar surface area (TPSA) is 86.7 Å². The second kappa shape index (κ2) is 4.36. The molecule has 78 valence electrons. The van der Waals surface area contributed by atoms with Crippen molar-refractivity contribution >= 4 is 0 Å². The van der Waals surface area contributed by atoms with Crippen LogP contribution in [0.5, 0.6) is 5.75 Å². The molecular weight excluding hydrogens is 189 g/mol. The number of aliphatic hydroxyl groups is 2. The molecule has 0 heterocycles. The molecular formula is C9H12FNO3. The van der Waals surface area contributed by atoms with Crippen molar-refractivity contribution in [3.63, 3.8) is 0 Å². The lowest BCUT2D eigenvalue weighted by molar-refractivity contribution is 0.0221. The molecule has 0 amide bonds. The lowest BCUT2D eigenvalue weighted by Crippen LogP contribution is -2.27. The third kappa shape index (κ3) is 2.20. The fourth-order valence-electron chi connectivity index (χ4n) is 1.09. The lowest BCUT2D eigenvalue weighted by atomic mass is 10.0. The summed E-state index contributed by atoms with van der Waals surface area (Å²) in [5.41, 5.74) is 5.03. The largest absolute Gasteiger partial charge is 0.508 e. The Bertz CT molecular complexity index is 319. The Hall–Kier alpha value is -1.17. The Balaban J connectivity index is 2.95. The van der Waals surface area contributed by atoms with Crippen molar-refractivity contribution in [2.75, 3.05) is 6.54 Å². The van der Waals surface area contributed by atoms with Gasteiger partial charge in [0.1, 0.15) is 17.7 Å². The third-order valence-electron chi connectivity index (χ3n) is 1.91. The summed E-state index contributed by atoms with van der Waals surface area (Å²) >= 11 is 0. The lowest BCUT2D eigenvalue weighted by Gasteiger charge is -2.16. The first kappa shape index (κ1) is 10.9. The van der Waals surface area contributed by atoms with Crippen LogP contribution in [0.3, 0.4) is 0 Å². The highest BCUT2D eigenvalue weighted by Gasteiger charge is 2.20. The molecule has 0 fully saturated rings. The molecule has 0 radical (unpaired) electrons. The van der Waals surface area contributed by atoms with Gasteiger partial charge in [-0.05, 0) is 12.1 Å². The maximum Gasteiger partial charge on any atom is 0.132 e. The molecule has 2 unspecified atom stereocenters. The number of hydrogen-bond donors (Lipinski definition) is 4. The van der Waals surface area contributed by atoms with Crippen LogP contribution in [0.15, 0.2) is 18.2 Å². The Labute approximate surface area is 80.4 Å². The first-order chi connectivity index (χ1) is 6.56. The molecule has 1 aromatic rings. The number of aromatic hydroxyl groups is 1. The molecule has 0 spiro atoms. The van der Waals surface area contributed by atoms with E-state index in [-0.39, 0.29) is 17.9 Å². The van der Waals surface area contributed by atoms with Crippen LogP contribution >= 0.6 is 0 Å². The summed E-state index contributed by atoms with van der Waals surface area (Å²) in [6, 6.07) is 3.29. The van der Waals surface area contributed by atoms with Crippen LogP contribution in [0.4, 0.5) is 4.39 Å². The van der Waals surface area contributed by atoms with Crippen molar-refractivity contribution in [3.8, 4) is 5.75 Å². The molecule has 1 aromatic carbocycles. The van der Waals surface area contributed by atoms with E-state index in [1.165, 1.54) is 12.1 Å². The van der Waals surface area contributed by atoms with Crippen molar-refractivity contribution in [1.29, 1.82) is 0 Å². The van der Waals surface area contributed by atoms with Crippen LogP contribution in [-0.4, -0.2) is 28.0 Å². The normalized spacial score (nSPS) is 15.1. The van der Waals surface area contributed by atoms with Crippen LogP contribution < -0.4 is 5.73 Å². The van der Waals surface area contributed by atoms with Gasteiger partial charge in [-0.2, -0.15) is 0 Å². The highest BCUT2D eigenvalue weighted by molar-refractivity contribution is 5.29. The number of phenolic OH excluding ortho intramolecular Hbond substituents is 1. The minimum absolute atomic E-state index is 0.0826. The van der Waals surface area contributed by atoms with Gasteiger partial charge in [0.05, 0.1) is 6.10 Å². The number of phenols is 1. The van der Waals surface area contributed by atoms with Gasteiger partial charge >= 0.3 is 0 Å². The molecule has 2 atom stereocenters. The Morgan fingerprint density at radius 3 is 2.50 bits per heavy atom. The monoisotopic (exact) mass is 201 g/mol. The van der Waals surface area contributed by atoms with E-state index in [0.717, 1.165) is 6.07 Å². The smallest absolute Gasteiger partial charge is 0.132 e. The number of aliphatic hydroxyl groups excluding tert-OH is 2. The number of halogens is 1. The number of hydrogen-bond acceptors (Lipinski definition) is 4. The van der Waals surface area contributed by atoms with Crippen LogP contribution in [0.1, 0.15) is 11.7 Å². The van der Waals surface area contributed by atoms with Gasteiger partial charge in [-0.15, -0.1) is 0 Å². The zero-order chi connectivity index (χ0) is 10.7.